The summed E-state index contributed by atoms with van der Waals surface area (Å²) in [6.45, 7) is 2.16. The van der Waals surface area contributed by atoms with Crippen molar-refractivity contribution < 1.29 is 36.6 Å². The number of aromatic nitrogens is 1. The highest BCUT2D eigenvalue weighted by Gasteiger charge is 2.38. The molecule has 230 valence electrons. The molecular formula is C27H34ClFN4O7S2. The van der Waals surface area contributed by atoms with E-state index in [1.54, 1.807) is 18.7 Å². The van der Waals surface area contributed by atoms with Gasteiger partial charge in [0.15, 0.2) is 10.8 Å². The largest absolute Gasteiger partial charge is 0.466 e. The van der Waals surface area contributed by atoms with Crippen LogP contribution in [0, 0.1) is 11.7 Å². The fraction of sp³-hybridized carbons (Fsp3) is 0.519. The third kappa shape index (κ3) is 8.13. The minimum absolute atomic E-state index is 0.0584. The van der Waals surface area contributed by atoms with Gasteiger partial charge in [-0.2, -0.15) is 0 Å². The van der Waals surface area contributed by atoms with Crippen LogP contribution < -0.4 is 5.32 Å². The lowest BCUT2D eigenvalue weighted by Gasteiger charge is -2.36. The minimum Gasteiger partial charge on any atom is -0.466 e. The molecule has 0 radical (unpaired) electrons. The fourth-order valence-corrected chi connectivity index (χ4v) is 7.01. The summed E-state index contributed by atoms with van der Waals surface area (Å²) >= 11 is 7.80. The van der Waals surface area contributed by atoms with E-state index in [9.17, 15) is 17.6 Å². The molecule has 15 heteroatoms. The molecule has 42 heavy (non-hydrogen) atoms. The Morgan fingerprint density at radius 1 is 1.14 bits per heavy atom. The number of aliphatic imine (C=N–C) groups is 1. The van der Waals surface area contributed by atoms with Crippen molar-refractivity contribution in [2.24, 2.45) is 10.9 Å². The summed E-state index contributed by atoms with van der Waals surface area (Å²) in [4.78, 5) is 22.3. The zero-order valence-electron chi connectivity index (χ0n) is 23.4. The van der Waals surface area contributed by atoms with Gasteiger partial charge in [-0.1, -0.05) is 17.7 Å². The van der Waals surface area contributed by atoms with Crippen molar-refractivity contribution in [1.82, 2.24) is 14.6 Å². The Bertz CT molecular complexity index is 1380. The highest BCUT2D eigenvalue weighted by Crippen LogP contribution is 2.40. The summed E-state index contributed by atoms with van der Waals surface area (Å²) < 4.78 is 62.1. The number of thiazole rings is 1. The summed E-state index contributed by atoms with van der Waals surface area (Å²) in [7, 11) is -0.685. The van der Waals surface area contributed by atoms with Crippen molar-refractivity contribution in [3.63, 3.8) is 0 Å². The molecule has 0 amide bonds. The first-order valence-electron chi connectivity index (χ1n) is 13.4. The van der Waals surface area contributed by atoms with Gasteiger partial charge in [0.2, 0.25) is 10.0 Å². The van der Waals surface area contributed by atoms with Crippen LogP contribution in [0.2, 0.25) is 5.02 Å². The molecular weight excluding hydrogens is 611 g/mol. The molecule has 2 aliphatic heterocycles. The standard InChI is InChI=1S/C27H34ClFN4O7S2/c1-37-10-11-39-12-13-40-14-16-42(35,36)33-8-5-18(6-9-33)23-22(27(34)38-2)24(20-4-3-19(29)17-21(20)28)32-25(31-23)26-30-7-15-41-26/h3-4,7,15,17-18,24H,5-6,8-14,16H2,1-2H3,(H,31,32). The Hall–Kier alpha value is -2.46. The van der Waals surface area contributed by atoms with Crippen molar-refractivity contribution in [2.75, 3.05) is 66.1 Å². The molecule has 11 nitrogen and oxygen atoms in total. The Morgan fingerprint density at radius 2 is 1.86 bits per heavy atom. The maximum Gasteiger partial charge on any atom is 0.338 e. The average molecular weight is 645 g/mol. The molecule has 0 saturated carbocycles. The van der Waals surface area contributed by atoms with Crippen molar-refractivity contribution >= 4 is 44.8 Å². The molecule has 2 aliphatic rings. The van der Waals surface area contributed by atoms with E-state index in [0.717, 1.165) is 0 Å². The van der Waals surface area contributed by atoms with E-state index in [1.807, 2.05) is 0 Å². The van der Waals surface area contributed by atoms with Gasteiger partial charge in [-0.25, -0.2) is 26.9 Å². The second-order valence-corrected chi connectivity index (χ2v) is 12.9. The maximum atomic E-state index is 13.9. The van der Waals surface area contributed by atoms with Crippen LogP contribution in [0.5, 0.6) is 0 Å². The number of esters is 1. The highest BCUT2D eigenvalue weighted by molar-refractivity contribution is 7.89. The van der Waals surface area contributed by atoms with Crippen molar-refractivity contribution in [3.8, 4) is 0 Å². The number of sulfonamides is 1. The van der Waals surface area contributed by atoms with Crippen LogP contribution >= 0.6 is 22.9 Å². The first-order chi connectivity index (χ1) is 20.2. The molecule has 0 aliphatic carbocycles. The number of hydrogen-bond donors (Lipinski definition) is 1. The third-order valence-electron chi connectivity index (χ3n) is 6.92. The van der Waals surface area contributed by atoms with Gasteiger partial charge in [0.05, 0.1) is 51.5 Å². The molecule has 2 aromatic rings. The second kappa shape index (κ2) is 15.3. The summed E-state index contributed by atoms with van der Waals surface area (Å²) in [6.07, 6.45) is 2.54. The summed E-state index contributed by atoms with van der Waals surface area (Å²) in [5, 5.41) is 5.82. The van der Waals surface area contributed by atoms with E-state index in [1.165, 1.54) is 41.0 Å². The van der Waals surface area contributed by atoms with Gasteiger partial charge < -0.3 is 24.3 Å². The normalized spacial score (nSPS) is 18.6. The molecule has 1 atom stereocenters. The molecule has 0 spiro atoms. The van der Waals surface area contributed by atoms with E-state index in [-0.39, 0.29) is 42.0 Å². The van der Waals surface area contributed by atoms with Gasteiger partial charge in [0.1, 0.15) is 11.9 Å². The van der Waals surface area contributed by atoms with Crippen LogP contribution in [0.1, 0.15) is 29.5 Å². The predicted octanol–water partition coefficient (Wildman–Crippen LogP) is 3.18. The zero-order valence-corrected chi connectivity index (χ0v) is 25.8. The first-order valence-corrected chi connectivity index (χ1v) is 16.3. The number of carbonyl (C=O) groups is 1. The number of hydrogen-bond acceptors (Lipinski definition) is 11. The van der Waals surface area contributed by atoms with Crippen LogP contribution in [-0.4, -0.2) is 95.6 Å². The molecule has 4 rings (SSSR count). The van der Waals surface area contributed by atoms with E-state index >= 15 is 0 Å². The second-order valence-electron chi connectivity index (χ2n) is 9.53. The quantitative estimate of drug-likeness (QED) is 0.244. The lowest BCUT2D eigenvalue weighted by molar-refractivity contribution is -0.136. The number of allylic oxidation sites excluding steroid dienone is 1. The number of rotatable bonds is 14. The van der Waals surface area contributed by atoms with Gasteiger partial charge in [0.25, 0.3) is 0 Å². The van der Waals surface area contributed by atoms with Crippen LogP contribution in [-0.2, 0) is 33.8 Å². The number of nitrogens with one attached hydrogen (secondary N) is 1. The molecule has 1 aromatic heterocycles. The van der Waals surface area contributed by atoms with Gasteiger partial charge in [-0.3, -0.25) is 4.99 Å². The monoisotopic (exact) mass is 644 g/mol. The number of nitrogens with zero attached hydrogens (tertiary/aromatic N) is 3. The predicted molar refractivity (Wildman–Crippen MR) is 157 cm³/mol. The number of benzene rings is 1. The van der Waals surface area contributed by atoms with E-state index in [0.29, 0.717) is 61.4 Å². The summed E-state index contributed by atoms with van der Waals surface area (Å²) in [5.41, 5.74) is 1.26. The molecule has 1 saturated heterocycles. The number of amidine groups is 1. The Balaban J connectivity index is 1.50. The average Bonchev–Trinajstić information content (AvgIpc) is 3.53. The van der Waals surface area contributed by atoms with Gasteiger partial charge in [0, 0.05) is 54.0 Å². The lowest BCUT2D eigenvalue weighted by atomic mass is 9.86. The van der Waals surface area contributed by atoms with Crippen LogP contribution in [0.25, 0.3) is 0 Å². The van der Waals surface area contributed by atoms with Gasteiger partial charge >= 0.3 is 5.97 Å². The third-order valence-corrected chi connectivity index (χ3v) is 9.86. The molecule has 1 fully saturated rings. The Kier molecular flexibility index (Phi) is 11.8. The van der Waals surface area contributed by atoms with E-state index in [4.69, 9.17) is 35.5 Å². The fourth-order valence-electron chi connectivity index (χ4n) is 4.80. The lowest BCUT2D eigenvalue weighted by Crippen LogP contribution is -2.44. The molecule has 3 heterocycles. The first kappa shape index (κ1) is 32.5. The molecule has 1 unspecified atom stereocenters. The number of halogens is 2. The number of piperidine rings is 1. The smallest absolute Gasteiger partial charge is 0.338 e. The van der Waals surface area contributed by atoms with Crippen LogP contribution in [0.15, 0.2) is 46.0 Å². The molecule has 1 N–H and O–H groups in total. The minimum atomic E-state index is -3.55. The van der Waals surface area contributed by atoms with Gasteiger partial charge in [-0.15, -0.1) is 11.3 Å². The van der Waals surface area contributed by atoms with E-state index in [2.05, 4.69) is 10.3 Å². The summed E-state index contributed by atoms with van der Waals surface area (Å²) in [6, 6.07) is 3.06. The maximum absolute atomic E-state index is 13.9. The zero-order chi connectivity index (χ0) is 30.1. The SMILES string of the molecule is COCCOCCOCCS(=O)(=O)N1CCC(C2=C(C(=O)OC)C(c3ccc(F)cc3Cl)N=C(c3nccs3)N2)CC1. The van der Waals surface area contributed by atoms with Crippen molar-refractivity contribution in [1.29, 1.82) is 0 Å². The number of carbonyl (C=O) groups excluding carboxylic acids is 1. The summed E-state index contributed by atoms with van der Waals surface area (Å²) in [5.74, 6) is -1.03. The van der Waals surface area contributed by atoms with Crippen LogP contribution in [0.3, 0.4) is 0 Å². The van der Waals surface area contributed by atoms with Crippen LogP contribution in [0.4, 0.5) is 4.39 Å². The van der Waals surface area contributed by atoms with Crippen molar-refractivity contribution in [2.45, 2.75) is 18.9 Å². The topological polar surface area (TPSA) is 129 Å². The molecule has 1 aromatic carbocycles. The Labute approximate surface area is 253 Å². The Morgan fingerprint density at radius 3 is 2.50 bits per heavy atom. The van der Waals surface area contributed by atoms with Gasteiger partial charge in [-0.05, 0) is 25.0 Å². The highest BCUT2D eigenvalue weighted by atomic mass is 35.5. The molecule has 0 bridgehead atoms. The number of methoxy groups -OCH3 is 2. The van der Waals surface area contributed by atoms with E-state index < -0.39 is 27.9 Å². The number of ether oxygens (including phenoxy) is 4. The van der Waals surface area contributed by atoms with Crippen molar-refractivity contribution in [3.05, 3.63) is 62.5 Å².